The Hall–Kier alpha value is -0.170. The van der Waals surface area contributed by atoms with Crippen molar-refractivity contribution in [1.29, 1.82) is 0 Å². The van der Waals surface area contributed by atoms with Crippen molar-refractivity contribution in [2.75, 3.05) is 32.8 Å². The van der Waals surface area contributed by atoms with Gasteiger partial charge in [-0.2, -0.15) is 0 Å². The Kier molecular flexibility index (Phi) is 11.9. The predicted molar refractivity (Wildman–Crippen MR) is 60.1 cm³/mol. The lowest BCUT2D eigenvalue weighted by Crippen LogP contribution is -2.40. The third-order valence-electron chi connectivity index (χ3n) is 1.75. The number of nitrogens with zero attached hydrogens (tertiary/aromatic N) is 1. The molecule has 0 fully saturated rings. The molecule has 0 aromatic rings. The summed E-state index contributed by atoms with van der Waals surface area (Å²) in [6, 6.07) is 0. The molecule has 0 aliphatic carbocycles. The standard InChI is InChI=1S/C9H19NO4.ClH/c1-2-3-10(4-8(13)6-11)5-9(14)7-12;/h2,8-9,11-14H,1,3-7H2;1H. The van der Waals surface area contributed by atoms with Gasteiger partial charge in [0.25, 0.3) is 0 Å². The van der Waals surface area contributed by atoms with Gasteiger partial charge in [-0.1, -0.05) is 6.08 Å². The first-order chi connectivity index (χ1) is 6.63. The van der Waals surface area contributed by atoms with Gasteiger partial charge in [0.2, 0.25) is 0 Å². The van der Waals surface area contributed by atoms with Gasteiger partial charge in [0, 0.05) is 19.6 Å². The Labute approximate surface area is 96.1 Å². The van der Waals surface area contributed by atoms with Crippen LogP contribution in [0.4, 0.5) is 0 Å². The van der Waals surface area contributed by atoms with Crippen molar-refractivity contribution in [2.45, 2.75) is 12.2 Å². The fraction of sp³-hybridized carbons (Fsp3) is 0.778. The molecule has 0 saturated heterocycles. The maximum absolute atomic E-state index is 9.17. The van der Waals surface area contributed by atoms with Gasteiger partial charge >= 0.3 is 0 Å². The summed E-state index contributed by atoms with van der Waals surface area (Å²) in [4.78, 5) is 1.70. The maximum Gasteiger partial charge on any atom is 0.0897 e. The first kappa shape index (κ1) is 17.2. The summed E-state index contributed by atoms with van der Waals surface area (Å²) in [5.74, 6) is 0. The second-order valence-electron chi connectivity index (χ2n) is 3.18. The summed E-state index contributed by atoms with van der Waals surface area (Å²) >= 11 is 0. The van der Waals surface area contributed by atoms with Crippen LogP contribution in [0.25, 0.3) is 0 Å². The molecule has 2 atom stereocenters. The van der Waals surface area contributed by atoms with Gasteiger partial charge in [0.15, 0.2) is 0 Å². The predicted octanol–water partition coefficient (Wildman–Crippen LogP) is -1.40. The summed E-state index contributed by atoms with van der Waals surface area (Å²) in [7, 11) is 0. The van der Waals surface area contributed by atoms with Gasteiger partial charge < -0.3 is 20.4 Å². The number of aliphatic hydroxyl groups is 4. The van der Waals surface area contributed by atoms with Crippen LogP contribution in [0.2, 0.25) is 0 Å². The molecule has 15 heavy (non-hydrogen) atoms. The molecule has 0 aliphatic rings. The SMILES string of the molecule is C=CCN(CC(O)CO)CC(O)CO.Cl. The van der Waals surface area contributed by atoms with E-state index in [2.05, 4.69) is 6.58 Å². The fourth-order valence-electron chi connectivity index (χ4n) is 1.12. The van der Waals surface area contributed by atoms with Crippen LogP contribution < -0.4 is 0 Å². The van der Waals surface area contributed by atoms with Crippen molar-refractivity contribution >= 4 is 12.4 Å². The van der Waals surface area contributed by atoms with E-state index in [4.69, 9.17) is 10.2 Å². The van der Waals surface area contributed by atoms with Gasteiger partial charge in [-0.25, -0.2) is 0 Å². The van der Waals surface area contributed by atoms with Gasteiger partial charge in [-0.3, -0.25) is 4.90 Å². The highest BCUT2D eigenvalue weighted by Crippen LogP contribution is 1.95. The van der Waals surface area contributed by atoms with E-state index in [1.807, 2.05) is 0 Å². The molecule has 2 unspecified atom stereocenters. The maximum atomic E-state index is 9.17. The molecule has 0 spiro atoms. The zero-order valence-corrected chi connectivity index (χ0v) is 9.44. The minimum atomic E-state index is -0.833. The van der Waals surface area contributed by atoms with E-state index >= 15 is 0 Å². The Balaban J connectivity index is 0. The zero-order valence-electron chi connectivity index (χ0n) is 8.62. The Morgan fingerprint density at radius 1 is 1.07 bits per heavy atom. The summed E-state index contributed by atoms with van der Waals surface area (Å²) in [5, 5.41) is 35.6. The van der Waals surface area contributed by atoms with E-state index < -0.39 is 12.2 Å². The summed E-state index contributed by atoms with van der Waals surface area (Å²) in [6.45, 7) is 3.90. The number of hydrogen-bond acceptors (Lipinski definition) is 5. The lowest BCUT2D eigenvalue weighted by molar-refractivity contribution is 0.0275. The molecule has 0 saturated carbocycles. The van der Waals surface area contributed by atoms with Gasteiger partial charge in [0.1, 0.15) is 0 Å². The van der Waals surface area contributed by atoms with E-state index in [1.54, 1.807) is 11.0 Å². The lowest BCUT2D eigenvalue weighted by Gasteiger charge is -2.24. The van der Waals surface area contributed by atoms with Crippen LogP contribution >= 0.6 is 12.4 Å². The van der Waals surface area contributed by atoms with Crippen LogP contribution in [0, 0.1) is 0 Å². The van der Waals surface area contributed by atoms with Crippen LogP contribution in [0.15, 0.2) is 12.7 Å². The van der Waals surface area contributed by atoms with E-state index in [1.165, 1.54) is 0 Å². The molecule has 0 radical (unpaired) electrons. The minimum absolute atomic E-state index is 0. The second-order valence-corrected chi connectivity index (χ2v) is 3.18. The smallest absolute Gasteiger partial charge is 0.0897 e. The van der Waals surface area contributed by atoms with E-state index in [-0.39, 0.29) is 38.7 Å². The minimum Gasteiger partial charge on any atom is -0.394 e. The summed E-state index contributed by atoms with van der Waals surface area (Å²) in [6.07, 6.45) is -0.0320. The highest BCUT2D eigenvalue weighted by Gasteiger charge is 2.13. The molecule has 0 bridgehead atoms. The first-order valence-corrected chi connectivity index (χ1v) is 4.55. The van der Waals surface area contributed by atoms with Crippen LogP contribution in [-0.2, 0) is 0 Å². The Morgan fingerprint density at radius 2 is 1.47 bits per heavy atom. The summed E-state index contributed by atoms with van der Waals surface area (Å²) < 4.78 is 0. The molecule has 6 heteroatoms. The van der Waals surface area contributed by atoms with Crippen molar-refractivity contribution in [3.8, 4) is 0 Å². The van der Waals surface area contributed by atoms with Crippen LogP contribution in [0.1, 0.15) is 0 Å². The van der Waals surface area contributed by atoms with Crippen LogP contribution in [0.3, 0.4) is 0 Å². The van der Waals surface area contributed by atoms with Crippen molar-refractivity contribution in [2.24, 2.45) is 0 Å². The largest absolute Gasteiger partial charge is 0.394 e. The molecule has 0 rings (SSSR count). The normalized spacial score (nSPS) is 14.5. The highest BCUT2D eigenvalue weighted by molar-refractivity contribution is 5.85. The van der Waals surface area contributed by atoms with Crippen molar-refractivity contribution < 1.29 is 20.4 Å². The number of aliphatic hydroxyl groups excluding tert-OH is 4. The highest BCUT2D eigenvalue weighted by atomic mass is 35.5. The topological polar surface area (TPSA) is 84.2 Å². The van der Waals surface area contributed by atoms with E-state index in [0.717, 1.165) is 0 Å². The molecular weight excluding hydrogens is 222 g/mol. The number of hydrogen-bond donors (Lipinski definition) is 4. The van der Waals surface area contributed by atoms with Crippen molar-refractivity contribution in [1.82, 2.24) is 4.90 Å². The van der Waals surface area contributed by atoms with E-state index in [9.17, 15) is 10.2 Å². The summed E-state index contributed by atoms with van der Waals surface area (Å²) in [5.41, 5.74) is 0. The molecule has 0 heterocycles. The third kappa shape index (κ3) is 8.80. The average molecular weight is 242 g/mol. The third-order valence-corrected chi connectivity index (χ3v) is 1.75. The average Bonchev–Trinajstić information content (AvgIpc) is 2.17. The number of halogens is 1. The molecule has 4 N–H and O–H groups in total. The van der Waals surface area contributed by atoms with Crippen LogP contribution in [0.5, 0.6) is 0 Å². The van der Waals surface area contributed by atoms with E-state index in [0.29, 0.717) is 6.54 Å². The van der Waals surface area contributed by atoms with Gasteiger partial charge in [-0.05, 0) is 0 Å². The zero-order chi connectivity index (χ0) is 11.0. The monoisotopic (exact) mass is 241 g/mol. The molecule has 92 valence electrons. The van der Waals surface area contributed by atoms with Gasteiger partial charge in [0.05, 0.1) is 25.4 Å². The molecule has 0 aromatic carbocycles. The molecule has 0 amide bonds. The van der Waals surface area contributed by atoms with Crippen LogP contribution in [-0.4, -0.2) is 70.4 Å². The quantitative estimate of drug-likeness (QED) is 0.393. The lowest BCUT2D eigenvalue weighted by atomic mass is 10.3. The Bertz CT molecular complexity index is 147. The molecular formula is C9H20ClNO4. The van der Waals surface area contributed by atoms with Crippen molar-refractivity contribution in [3.63, 3.8) is 0 Å². The van der Waals surface area contributed by atoms with Gasteiger partial charge in [-0.15, -0.1) is 19.0 Å². The molecule has 0 aromatic heterocycles. The first-order valence-electron chi connectivity index (χ1n) is 4.55. The molecule has 5 nitrogen and oxygen atoms in total. The fourth-order valence-corrected chi connectivity index (χ4v) is 1.12. The Morgan fingerprint density at radius 3 is 1.73 bits per heavy atom. The molecule has 0 aliphatic heterocycles. The second kappa shape index (κ2) is 10.4. The van der Waals surface area contributed by atoms with Crippen molar-refractivity contribution in [3.05, 3.63) is 12.7 Å². The number of rotatable bonds is 8.